The van der Waals surface area contributed by atoms with Gasteiger partial charge >= 0.3 is 12.1 Å². The summed E-state index contributed by atoms with van der Waals surface area (Å²) in [6, 6.07) is 11.8. The number of carbonyl (C=O) groups is 2. The van der Waals surface area contributed by atoms with Crippen molar-refractivity contribution in [1.29, 1.82) is 0 Å². The number of aromatic hydroxyl groups is 1. The van der Waals surface area contributed by atoms with Gasteiger partial charge in [-0.15, -0.1) is 0 Å². The molecule has 0 bridgehead atoms. The topological polar surface area (TPSA) is 115 Å². The van der Waals surface area contributed by atoms with Gasteiger partial charge in [0.2, 0.25) is 0 Å². The SMILES string of the molecule is CC(C)[C@H](NC(=O)OC(C)(C)C)C(=O)Oc1cc(O)c2c(=O)cc(-c3ccccc3)oc2c1. The van der Waals surface area contributed by atoms with Crippen LogP contribution < -0.4 is 15.5 Å². The molecular weight excluding hydrogens is 426 g/mol. The van der Waals surface area contributed by atoms with Crippen LogP contribution >= 0.6 is 0 Å². The lowest BCUT2D eigenvalue weighted by atomic mass is 10.1. The van der Waals surface area contributed by atoms with Gasteiger partial charge in [0.25, 0.3) is 0 Å². The predicted molar refractivity (Wildman–Crippen MR) is 123 cm³/mol. The number of hydrogen-bond donors (Lipinski definition) is 2. The van der Waals surface area contributed by atoms with E-state index < -0.39 is 29.1 Å². The van der Waals surface area contributed by atoms with E-state index in [0.717, 1.165) is 6.07 Å². The Bertz CT molecular complexity index is 1220. The summed E-state index contributed by atoms with van der Waals surface area (Å²) in [6.45, 7) is 8.62. The van der Waals surface area contributed by atoms with E-state index in [9.17, 15) is 19.5 Å². The number of carbonyl (C=O) groups excluding carboxylic acids is 2. The van der Waals surface area contributed by atoms with Gasteiger partial charge in [0.15, 0.2) is 5.43 Å². The zero-order chi connectivity index (χ0) is 24.3. The van der Waals surface area contributed by atoms with E-state index in [2.05, 4.69) is 5.32 Å². The van der Waals surface area contributed by atoms with Crippen molar-refractivity contribution in [3.8, 4) is 22.8 Å². The molecule has 33 heavy (non-hydrogen) atoms. The Morgan fingerprint density at radius 3 is 2.33 bits per heavy atom. The van der Waals surface area contributed by atoms with Crippen molar-refractivity contribution in [2.75, 3.05) is 0 Å². The fraction of sp³-hybridized carbons (Fsp3) is 0.320. The molecule has 0 aliphatic rings. The maximum Gasteiger partial charge on any atom is 0.408 e. The first-order valence-corrected chi connectivity index (χ1v) is 10.5. The highest BCUT2D eigenvalue weighted by Crippen LogP contribution is 2.31. The van der Waals surface area contributed by atoms with E-state index in [4.69, 9.17) is 13.9 Å². The van der Waals surface area contributed by atoms with Gasteiger partial charge in [-0.05, 0) is 26.7 Å². The molecule has 0 fully saturated rings. The van der Waals surface area contributed by atoms with Crippen molar-refractivity contribution in [3.63, 3.8) is 0 Å². The lowest BCUT2D eigenvalue weighted by Gasteiger charge is -2.24. The molecule has 0 saturated carbocycles. The van der Waals surface area contributed by atoms with Gasteiger partial charge in [-0.3, -0.25) is 4.79 Å². The number of esters is 1. The summed E-state index contributed by atoms with van der Waals surface area (Å²) in [5.41, 5.74) is -0.421. The molecule has 0 radical (unpaired) electrons. The molecular formula is C25H27NO7. The summed E-state index contributed by atoms with van der Waals surface area (Å²) in [5.74, 6) is -1.17. The quantitative estimate of drug-likeness (QED) is 0.428. The van der Waals surface area contributed by atoms with Gasteiger partial charge in [0, 0.05) is 23.8 Å². The highest BCUT2D eigenvalue weighted by atomic mass is 16.6. The van der Waals surface area contributed by atoms with Crippen molar-refractivity contribution in [2.24, 2.45) is 5.92 Å². The molecule has 3 rings (SSSR count). The van der Waals surface area contributed by atoms with Crippen molar-refractivity contribution in [3.05, 3.63) is 58.8 Å². The van der Waals surface area contributed by atoms with Crippen LogP contribution in [0.3, 0.4) is 0 Å². The number of phenols is 1. The van der Waals surface area contributed by atoms with Crippen LogP contribution in [-0.2, 0) is 9.53 Å². The second-order valence-corrected chi connectivity index (χ2v) is 8.95. The van der Waals surface area contributed by atoms with Crippen LogP contribution in [0.25, 0.3) is 22.3 Å². The largest absolute Gasteiger partial charge is 0.507 e. The zero-order valence-corrected chi connectivity index (χ0v) is 19.2. The molecule has 8 nitrogen and oxygen atoms in total. The van der Waals surface area contributed by atoms with Crippen LogP contribution in [0.2, 0.25) is 0 Å². The summed E-state index contributed by atoms with van der Waals surface area (Å²) < 4.78 is 16.4. The molecule has 2 aromatic carbocycles. The van der Waals surface area contributed by atoms with Crippen LogP contribution in [-0.4, -0.2) is 28.8 Å². The molecule has 0 aliphatic heterocycles. The van der Waals surface area contributed by atoms with Crippen molar-refractivity contribution in [1.82, 2.24) is 5.32 Å². The Morgan fingerprint density at radius 1 is 1.06 bits per heavy atom. The molecule has 0 spiro atoms. The Kier molecular flexibility index (Phi) is 6.76. The molecule has 0 saturated heterocycles. The fourth-order valence-corrected chi connectivity index (χ4v) is 3.16. The molecule has 174 valence electrons. The number of nitrogens with one attached hydrogen (secondary N) is 1. The molecule has 3 aromatic rings. The van der Waals surface area contributed by atoms with Crippen LogP contribution in [0.1, 0.15) is 34.6 Å². The van der Waals surface area contributed by atoms with E-state index in [1.165, 1.54) is 12.1 Å². The second kappa shape index (κ2) is 9.36. The molecule has 2 N–H and O–H groups in total. The first-order valence-electron chi connectivity index (χ1n) is 10.5. The van der Waals surface area contributed by atoms with Gasteiger partial charge in [0.05, 0.1) is 0 Å². The summed E-state index contributed by atoms with van der Waals surface area (Å²) in [6.07, 6.45) is -0.752. The van der Waals surface area contributed by atoms with Gasteiger partial charge in [-0.25, -0.2) is 9.59 Å². The van der Waals surface area contributed by atoms with Crippen LogP contribution in [0.5, 0.6) is 11.5 Å². The molecule has 0 unspecified atom stereocenters. The number of alkyl carbamates (subject to hydrolysis) is 1. The van der Waals surface area contributed by atoms with Gasteiger partial charge in [-0.2, -0.15) is 0 Å². The minimum atomic E-state index is -1.000. The lowest BCUT2D eigenvalue weighted by Crippen LogP contribution is -2.48. The molecule has 0 aliphatic carbocycles. The summed E-state index contributed by atoms with van der Waals surface area (Å²) in [7, 11) is 0. The Balaban J connectivity index is 1.90. The number of amides is 1. The zero-order valence-electron chi connectivity index (χ0n) is 19.2. The molecule has 1 amide bonds. The highest BCUT2D eigenvalue weighted by Gasteiger charge is 2.29. The van der Waals surface area contributed by atoms with E-state index in [-0.39, 0.29) is 28.4 Å². The summed E-state index contributed by atoms with van der Waals surface area (Å²) >= 11 is 0. The fourth-order valence-electron chi connectivity index (χ4n) is 3.16. The Morgan fingerprint density at radius 2 is 1.73 bits per heavy atom. The number of hydrogen-bond acceptors (Lipinski definition) is 7. The number of benzene rings is 2. The van der Waals surface area contributed by atoms with Gasteiger partial charge < -0.3 is 24.3 Å². The number of fused-ring (bicyclic) bond motifs is 1. The third-order valence-corrected chi connectivity index (χ3v) is 4.65. The predicted octanol–water partition coefficient (Wildman–Crippen LogP) is 4.62. The van der Waals surface area contributed by atoms with Crippen molar-refractivity contribution in [2.45, 2.75) is 46.3 Å². The van der Waals surface area contributed by atoms with E-state index in [1.54, 1.807) is 58.9 Å². The first kappa shape index (κ1) is 23.8. The molecule has 1 atom stereocenters. The highest BCUT2D eigenvalue weighted by molar-refractivity contribution is 5.88. The minimum absolute atomic E-state index is 0.0261. The number of ether oxygens (including phenoxy) is 2. The summed E-state index contributed by atoms with van der Waals surface area (Å²) in [4.78, 5) is 37.5. The Labute approximate surface area is 191 Å². The third kappa shape index (κ3) is 5.91. The van der Waals surface area contributed by atoms with E-state index in [0.29, 0.717) is 11.3 Å². The average Bonchev–Trinajstić information content (AvgIpc) is 2.70. The maximum absolute atomic E-state index is 12.8. The van der Waals surface area contributed by atoms with Crippen LogP contribution in [0, 0.1) is 5.92 Å². The number of phenolic OH excluding ortho intramolecular Hbond substituents is 1. The molecule has 8 heteroatoms. The van der Waals surface area contributed by atoms with Gasteiger partial charge in [-0.1, -0.05) is 44.2 Å². The van der Waals surface area contributed by atoms with Crippen LogP contribution in [0.4, 0.5) is 4.79 Å². The first-order chi connectivity index (χ1) is 15.4. The van der Waals surface area contributed by atoms with Crippen molar-refractivity contribution >= 4 is 23.0 Å². The second-order valence-electron chi connectivity index (χ2n) is 8.95. The average molecular weight is 453 g/mol. The normalized spacial score (nSPS) is 12.4. The van der Waals surface area contributed by atoms with E-state index >= 15 is 0 Å². The van der Waals surface area contributed by atoms with Gasteiger partial charge in [0.1, 0.15) is 39.9 Å². The summed E-state index contributed by atoms with van der Waals surface area (Å²) in [5, 5.41) is 12.9. The van der Waals surface area contributed by atoms with E-state index in [1.807, 2.05) is 6.07 Å². The monoisotopic (exact) mass is 453 g/mol. The van der Waals surface area contributed by atoms with Crippen molar-refractivity contribution < 1.29 is 28.6 Å². The van der Waals surface area contributed by atoms with Crippen LogP contribution in [0.15, 0.2) is 57.7 Å². The standard InChI is InChI=1S/C25H27NO7/c1-14(2)22(26-24(30)33-25(3,4)5)23(29)31-16-11-17(27)21-18(28)13-19(32-20(21)12-16)15-9-7-6-8-10-15/h6-14,22,27H,1-5H3,(H,26,30)/t22-/m0/s1. The minimum Gasteiger partial charge on any atom is -0.507 e. The third-order valence-electron chi connectivity index (χ3n) is 4.65. The maximum atomic E-state index is 12.8. The molecule has 1 heterocycles. The Hall–Kier alpha value is -3.81. The number of rotatable bonds is 5. The smallest absolute Gasteiger partial charge is 0.408 e. The lowest BCUT2D eigenvalue weighted by molar-refractivity contribution is -0.137. The molecule has 1 aromatic heterocycles.